The first-order valence-electron chi connectivity index (χ1n) is 9.47. The van der Waals surface area contributed by atoms with Gasteiger partial charge in [0, 0.05) is 37.5 Å². The highest BCUT2D eigenvalue weighted by Gasteiger charge is 2.23. The molecule has 4 heterocycles. The van der Waals surface area contributed by atoms with Gasteiger partial charge in [-0.1, -0.05) is 6.07 Å². The predicted molar refractivity (Wildman–Crippen MR) is 110 cm³/mol. The van der Waals surface area contributed by atoms with Crippen molar-refractivity contribution in [3.63, 3.8) is 0 Å². The Bertz CT molecular complexity index is 899. The number of aromatic nitrogens is 3. The molecule has 0 unspecified atom stereocenters. The number of carbonyl (C=O) groups is 1. The average Bonchev–Trinajstić information content (AvgIpc) is 3.41. The molecule has 0 spiro atoms. The van der Waals surface area contributed by atoms with E-state index in [4.69, 9.17) is 4.74 Å². The first-order chi connectivity index (χ1) is 13.7. The van der Waals surface area contributed by atoms with Gasteiger partial charge in [0.05, 0.1) is 22.7 Å². The van der Waals surface area contributed by atoms with E-state index in [0.29, 0.717) is 18.1 Å². The second-order valence-corrected chi connectivity index (χ2v) is 7.62. The van der Waals surface area contributed by atoms with Crippen molar-refractivity contribution in [3.05, 3.63) is 47.5 Å². The molecule has 1 aliphatic rings. The summed E-state index contributed by atoms with van der Waals surface area (Å²) in [5, 5.41) is 12.7. The number of nitrogens with zero attached hydrogens (tertiary/aromatic N) is 3. The average molecular weight is 398 g/mol. The summed E-state index contributed by atoms with van der Waals surface area (Å²) in [4.78, 5) is 20.0. The number of pyridine rings is 1. The standard InChI is InChI=1S/C20H23N5O2S/c1-2-27-19-6-5-14(13-21-19)20(26)22-15-7-9-25(10-8-15)18-12-16(23-24-18)17-4-3-11-28-17/h3-6,11-13,15H,2,7-10H2,1H3,(H,22,26)(H,23,24). The van der Waals surface area contributed by atoms with Crippen LogP contribution in [0.25, 0.3) is 10.6 Å². The minimum absolute atomic E-state index is 0.0891. The summed E-state index contributed by atoms with van der Waals surface area (Å²) >= 11 is 1.69. The number of hydrogen-bond donors (Lipinski definition) is 2. The van der Waals surface area contributed by atoms with Crippen LogP contribution in [0, 0.1) is 0 Å². The molecular weight excluding hydrogens is 374 g/mol. The maximum absolute atomic E-state index is 12.4. The fraction of sp³-hybridized carbons (Fsp3) is 0.350. The maximum atomic E-state index is 12.4. The van der Waals surface area contributed by atoms with Crippen LogP contribution in [-0.2, 0) is 0 Å². The van der Waals surface area contributed by atoms with Gasteiger partial charge in [0.1, 0.15) is 0 Å². The number of H-pyrrole nitrogens is 1. The number of amides is 1. The number of rotatable bonds is 6. The van der Waals surface area contributed by atoms with E-state index in [2.05, 4.69) is 42.9 Å². The molecule has 0 saturated carbocycles. The Balaban J connectivity index is 1.30. The third kappa shape index (κ3) is 4.17. The van der Waals surface area contributed by atoms with Crippen molar-refractivity contribution in [1.29, 1.82) is 0 Å². The molecule has 0 atom stereocenters. The van der Waals surface area contributed by atoms with Crippen LogP contribution >= 0.6 is 11.3 Å². The summed E-state index contributed by atoms with van der Waals surface area (Å²) in [6.07, 6.45) is 3.33. The minimum Gasteiger partial charge on any atom is -0.478 e. The molecule has 0 aliphatic carbocycles. The lowest BCUT2D eigenvalue weighted by molar-refractivity contribution is 0.0930. The summed E-state index contributed by atoms with van der Waals surface area (Å²) in [7, 11) is 0. The van der Waals surface area contributed by atoms with Crippen LogP contribution in [0.5, 0.6) is 5.88 Å². The number of ether oxygens (including phenoxy) is 1. The van der Waals surface area contributed by atoms with Crippen molar-refractivity contribution < 1.29 is 9.53 Å². The van der Waals surface area contributed by atoms with Gasteiger partial charge in [-0.25, -0.2) is 4.98 Å². The molecule has 0 aromatic carbocycles. The highest BCUT2D eigenvalue weighted by atomic mass is 32.1. The molecule has 1 aliphatic heterocycles. The van der Waals surface area contributed by atoms with Crippen LogP contribution in [0.2, 0.25) is 0 Å². The van der Waals surface area contributed by atoms with E-state index < -0.39 is 0 Å². The van der Waals surface area contributed by atoms with E-state index in [9.17, 15) is 4.79 Å². The minimum atomic E-state index is -0.0891. The number of aromatic amines is 1. The Morgan fingerprint density at radius 3 is 2.89 bits per heavy atom. The van der Waals surface area contributed by atoms with Crippen molar-refractivity contribution in [2.24, 2.45) is 0 Å². The SMILES string of the molecule is CCOc1ccc(C(=O)NC2CCN(c3cc(-c4cccs4)[nH]n3)CC2)cn1. The van der Waals surface area contributed by atoms with E-state index in [0.717, 1.165) is 37.4 Å². The molecule has 28 heavy (non-hydrogen) atoms. The Hall–Kier alpha value is -2.87. The zero-order valence-electron chi connectivity index (χ0n) is 15.7. The number of anilines is 1. The molecule has 4 rings (SSSR count). The number of carbonyl (C=O) groups excluding carboxylic acids is 1. The summed E-state index contributed by atoms with van der Waals surface area (Å²) in [5.41, 5.74) is 1.60. The van der Waals surface area contributed by atoms with Crippen LogP contribution in [-0.4, -0.2) is 46.8 Å². The Morgan fingerprint density at radius 2 is 2.21 bits per heavy atom. The van der Waals surface area contributed by atoms with Gasteiger partial charge in [-0.05, 0) is 37.3 Å². The summed E-state index contributed by atoms with van der Waals surface area (Å²) in [6, 6.07) is 9.85. The van der Waals surface area contributed by atoms with Gasteiger partial charge in [0.15, 0.2) is 5.82 Å². The molecule has 1 amide bonds. The number of piperidine rings is 1. The second kappa shape index (κ2) is 8.43. The normalized spacial score (nSPS) is 14.8. The van der Waals surface area contributed by atoms with E-state index in [1.54, 1.807) is 29.7 Å². The van der Waals surface area contributed by atoms with E-state index >= 15 is 0 Å². The molecule has 0 bridgehead atoms. The van der Waals surface area contributed by atoms with E-state index in [-0.39, 0.29) is 11.9 Å². The molecule has 3 aromatic heterocycles. The van der Waals surface area contributed by atoms with Gasteiger partial charge in [-0.2, -0.15) is 5.10 Å². The first-order valence-corrected chi connectivity index (χ1v) is 10.3. The number of nitrogens with one attached hydrogen (secondary N) is 2. The predicted octanol–water partition coefficient (Wildman–Crippen LogP) is 3.33. The van der Waals surface area contributed by atoms with Crippen molar-refractivity contribution in [2.45, 2.75) is 25.8 Å². The van der Waals surface area contributed by atoms with Gasteiger partial charge < -0.3 is 15.0 Å². The topological polar surface area (TPSA) is 83.1 Å². The highest BCUT2D eigenvalue weighted by molar-refractivity contribution is 7.13. The largest absolute Gasteiger partial charge is 0.478 e. The molecule has 146 valence electrons. The Labute approximate surface area is 167 Å². The van der Waals surface area contributed by atoms with Crippen molar-refractivity contribution >= 4 is 23.1 Å². The third-order valence-corrected chi connectivity index (χ3v) is 5.70. The molecule has 1 fully saturated rings. The zero-order valence-corrected chi connectivity index (χ0v) is 16.5. The molecule has 1 saturated heterocycles. The number of hydrogen-bond acceptors (Lipinski definition) is 6. The molecular formula is C20H23N5O2S. The monoisotopic (exact) mass is 397 g/mol. The summed E-state index contributed by atoms with van der Waals surface area (Å²) < 4.78 is 5.31. The smallest absolute Gasteiger partial charge is 0.253 e. The number of thiophene rings is 1. The third-order valence-electron chi connectivity index (χ3n) is 4.80. The highest BCUT2D eigenvalue weighted by Crippen LogP contribution is 2.27. The fourth-order valence-electron chi connectivity index (χ4n) is 3.30. The van der Waals surface area contributed by atoms with Crippen molar-refractivity contribution in [3.8, 4) is 16.5 Å². The Kier molecular flexibility index (Phi) is 5.57. The molecule has 7 nitrogen and oxygen atoms in total. The van der Waals surface area contributed by atoms with Crippen molar-refractivity contribution in [1.82, 2.24) is 20.5 Å². The van der Waals surface area contributed by atoms with Crippen LogP contribution in [0.4, 0.5) is 5.82 Å². The second-order valence-electron chi connectivity index (χ2n) is 6.67. The fourth-order valence-corrected chi connectivity index (χ4v) is 3.99. The quantitative estimate of drug-likeness (QED) is 0.667. The summed E-state index contributed by atoms with van der Waals surface area (Å²) in [6.45, 7) is 4.19. The van der Waals surface area contributed by atoms with Gasteiger partial charge in [-0.3, -0.25) is 9.89 Å². The van der Waals surface area contributed by atoms with Gasteiger partial charge >= 0.3 is 0 Å². The lowest BCUT2D eigenvalue weighted by Gasteiger charge is -2.32. The van der Waals surface area contributed by atoms with Crippen LogP contribution < -0.4 is 15.0 Å². The van der Waals surface area contributed by atoms with Crippen LogP contribution in [0.3, 0.4) is 0 Å². The lowest BCUT2D eigenvalue weighted by Crippen LogP contribution is -2.44. The molecule has 2 N–H and O–H groups in total. The van der Waals surface area contributed by atoms with Crippen molar-refractivity contribution in [2.75, 3.05) is 24.6 Å². The van der Waals surface area contributed by atoms with Gasteiger partial charge in [0.25, 0.3) is 5.91 Å². The van der Waals surface area contributed by atoms with Gasteiger partial charge in [0.2, 0.25) is 5.88 Å². The van der Waals surface area contributed by atoms with E-state index in [1.165, 1.54) is 4.88 Å². The van der Waals surface area contributed by atoms with Crippen LogP contribution in [0.15, 0.2) is 41.9 Å². The molecule has 0 radical (unpaired) electrons. The zero-order chi connectivity index (χ0) is 19.3. The lowest BCUT2D eigenvalue weighted by atomic mass is 10.0. The molecule has 3 aromatic rings. The maximum Gasteiger partial charge on any atom is 0.253 e. The van der Waals surface area contributed by atoms with E-state index in [1.807, 2.05) is 13.0 Å². The molecule has 8 heteroatoms. The first kappa shape index (κ1) is 18.5. The van der Waals surface area contributed by atoms with Gasteiger partial charge in [-0.15, -0.1) is 11.3 Å². The van der Waals surface area contributed by atoms with Crippen LogP contribution in [0.1, 0.15) is 30.1 Å². The Morgan fingerprint density at radius 1 is 1.36 bits per heavy atom. The summed E-state index contributed by atoms with van der Waals surface area (Å²) in [5.74, 6) is 1.41.